The molecule has 1 heterocycles. The molecule has 1 saturated heterocycles. The van der Waals surface area contributed by atoms with Crippen LogP contribution in [0.1, 0.15) is 43.4 Å². The molecule has 32 heavy (non-hydrogen) atoms. The number of nitrogens with two attached hydrogens (primary N) is 1. The van der Waals surface area contributed by atoms with Gasteiger partial charge in [-0.25, -0.2) is 8.42 Å². The zero-order valence-corrected chi connectivity index (χ0v) is 19.9. The molecular formula is C25H35N3O3S. The molecule has 0 unspecified atom stereocenters. The van der Waals surface area contributed by atoms with Crippen molar-refractivity contribution in [2.75, 3.05) is 32.4 Å². The van der Waals surface area contributed by atoms with Crippen LogP contribution in [0.3, 0.4) is 0 Å². The summed E-state index contributed by atoms with van der Waals surface area (Å²) in [5.41, 5.74) is 8.36. The molecule has 6 nitrogen and oxygen atoms in total. The third-order valence-electron chi connectivity index (χ3n) is 6.35. The fourth-order valence-corrected chi connectivity index (χ4v) is 5.04. The van der Waals surface area contributed by atoms with Crippen molar-refractivity contribution in [2.24, 2.45) is 5.73 Å². The highest BCUT2D eigenvalue weighted by atomic mass is 32.2. The van der Waals surface area contributed by atoms with Crippen molar-refractivity contribution in [3.8, 4) is 0 Å². The number of benzene rings is 2. The molecule has 0 saturated carbocycles. The number of hydrogen-bond donors (Lipinski definition) is 1. The molecular weight excluding hydrogens is 422 g/mol. The first-order valence-electron chi connectivity index (χ1n) is 11.4. The highest BCUT2D eigenvalue weighted by molar-refractivity contribution is 7.90. The molecule has 0 aliphatic carbocycles. The van der Waals surface area contributed by atoms with Gasteiger partial charge in [-0.3, -0.25) is 4.79 Å². The molecule has 2 aromatic carbocycles. The zero-order valence-electron chi connectivity index (χ0n) is 19.1. The molecule has 3 rings (SSSR count). The first-order valence-corrected chi connectivity index (χ1v) is 13.3. The number of rotatable bonds is 9. The van der Waals surface area contributed by atoms with Crippen molar-refractivity contribution >= 4 is 15.7 Å². The molecule has 1 fully saturated rings. The number of piperidine rings is 1. The van der Waals surface area contributed by atoms with Gasteiger partial charge in [-0.15, -0.1) is 0 Å². The lowest BCUT2D eigenvalue weighted by atomic mass is 10.00. The van der Waals surface area contributed by atoms with Crippen LogP contribution in [0.15, 0.2) is 59.5 Å². The third kappa shape index (κ3) is 6.64. The van der Waals surface area contributed by atoms with Gasteiger partial charge in [0.25, 0.3) is 0 Å². The second-order valence-electron chi connectivity index (χ2n) is 8.65. The molecule has 0 bridgehead atoms. The number of hydrogen-bond acceptors (Lipinski definition) is 5. The normalized spacial score (nSPS) is 16.6. The summed E-state index contributed by atoms with van der Waals surface area (Å²) in [4.78, 5) is 17.7. The van der Waals surface area contributed by atoms with Crippen LogP contribution >= 0.6 is 0 Å². The van der Waals surface area contributed by atoms with Gasteiger partial charge in [0, 0.05) is 38.0 Å². The van der Waals surface area contributed by atoms with Gasteiger partial charge in [-0.1, -0.05) is 42.5 Å². The van der Waals surface area contributed by atoms with E-state index in [9.17, 15) is 13.2 Å². The highest BCUT2D eigenvalue weighted by Gasteiger charge is 2.27. The minimum Gasteiger partial charge on any atom is -0.340 e. The lowest BCUT2D eigenvalue weighted by Gasteiger charge is -2.38. The lowest BCUT2D eigenvalue weighted by Crippen LogP contribution is -2.48. The quantitative estimate of drug-likeness (QED) is 0.626. The SMILES string of the molecule is CCN(C(=O)Cc1ccc(S(C)(=O)=O)cc1)C1CCN(CC[C@H](N)c2ccccc2)CC1. The van der Waals surface area contributed by atoms with Crippen molar-refractivity contribution in [1.29, 1.82) is 0 Å². The molecule has 1 aliphatic rings. The number of likely N-dealkylation sites (N-methyl/N-ethyl adjacent to an activating group) is 1. The van der Waals surface area contributed by atoms with E-state index in [1.807, 2.05) is 30.0 Å². The number of likely N-dealkylation sites (tertiary alicyclic amines) is 1. The molecule has 0 radical (unpaired) electrons. The number of carbonyl (C=O) groups excluding carboxylic acids is 1. The van der Waals surface area contributed by atoms with Crippen LogP contribution in [-0.2, 0) is 21.1 Å². The van der Waals surface area contributed by atoms with Crippen molar-refractivity contribution in [2.45, 2.75) is 49.6 Å². The number of nitrogens with zero attached hydrogens (tertiary/aromatic N) is 2. The van der Waals surface area contributed by atoms with E-state index in [0.717, 1.165) is 44.5 Å². The third-order valence-corrected chi connectivity index (χ3v) is 7.48. The van der Waals surface area contributed by atoms with Crippen LogP contribution in [-0.4, -0.2) is 62.6 Å². The first kappa shape index (κ1) is 24.4. The van der Waals surface area contributed by atoms with E-state index < -0.39 is 9.84 Å². The van der Waals surface area contributed by atoms with Gasteiger partial charge in [0.15, 0.2) is 9.84 Å². The Hall–Kier alpha value is -2.22. The van der Waals surface area contributed by atoms with Gasteiger partial charge in [0.1, 0.15) is 0 Å². The summed E-state index contributed by atoms with van der Waals surface area (Å²) in [6, 6.07) is 17.1. The van der Waals surface area contributed by atoms with Crippen LogP contribution in [0.5, 0.6) is 0 Å². The largest absolute Gasteiger partial charge is 0.340 e. The van der Waals surface area contributed by atoms with E-state index in [1.54, 1.807) is 24.3 Å². The maximum Gasteiger partial charge on any atom is 0.227 e. The number of amides is 1. The summed E-state index contributed by atoms with van der Waals surface area (Å²) in [5, 5.41) is 0. The highest BCUT2D eigenvalue weighted by Crippen LogP contribution is 2.20. The topological polar surface area (TPSA) is 83.7 Å². The Morgan fingerprint density at radius 2 is 1.72 bits per heavy atom. The van der Waals surface area contributed by atoms with E-state index in [4.69, 9.17) is 5.73 Å². The second kappa shape index (κ2) is 11.1. The molecule has 2 N–H and O–H groups in total. The second-order valence-corrected chi connectivity index (χ2v) is 10.7. The Bertz CT molecular complexity index is 969. The molecule has 1 atom stereocenters. The minimum atomic E-state index is -3.23. The van der Waals surface area contributed by atoms with Crippen LogP contribution in [0.2, 0.25) is 0 Å². The predicted octanol–water partition coefficient (Wildman–Crippen LogP) is 3.04. The Morgan fingerprint density at radius 1 is 1.09 bits per heavy atom. The van der Waals surface area contributed by atoms with Gasteiger partial charge >= 0.3 is 0 Å². The van der Waals surface area contributed by atoms with Crippen molar-refractivity contribution in [1.82, 2.24) is 9.80 Å². The van der Waals surface area contributed by atoms with E-state index in [-0.39, 0.29) is 22.9 Å². The van der Waals surface area contributed by atoms with Crippen LogP contribution in [0.25, 0.3) is 0 Å². The molecule has 1 amide bonds. The lowest BCUT2D eigenvalue weighted by molar-refractivity contribution is -0.133. The summed E-state index contributed by atoms with van der Waals surface area (Å²) in [6.07, 6.45) is 4.34. The van der Waals surface area contributed by atoms with Gasteiger partial charge in [-0.05, 0) is 56.0 Å². The predicted molar refractivity (Wildman–Crippen MR) is 128 cm³/mol. The average molecular weight is 458 g/mol. The van der Waals surface area contributed by atoms with Gasteiger partial charge in [0.2, 0.25) is 5.91 Å². The fraction of sp³-hybridized carbons (Fsp3) is 0.480. The Balaban J connectivity index is 1.48. The number of sulfone groups is 1. The van der Waals surface area contributed by atoms with Crippen LogP contribution in [0, 0.1) is 0 Å². The minimum absolute atomic E-state index is 0.0525. The molecule has 1 aliphatic heterocycles. The van der Waals surface area contributed by atoms with E-state index in [0.29, 0.717) is 13.0 Å². The van der Waals surface area contributed by atoms with Gasteiger partial charge < -0.3 is 15.5 Å². The standard InChI is InChI=1S/C25H35N3O3S/c1-3-28(25(29)19-20-9-11-23(12-10-20)32(2,30)31)22-13-16-27(17-14-22)18-15-24(26)21-7-5-4-6-8-21/h4-12,22,24H,3,13-19,26H2,1-2H3/t24-/m0/s1. The van der Waals surface area contributed by atoms with Gasteiger partial charge in [0.05, 0.1) is 11.3 Å². The van der Waals surface area contributed by atoms with Gasteiger partial charge in [-0.2, -0.15) is 0 Å². The fourth-order valence-electron chi connectivity index (χ4n) is 4.41. The van der Waals surface area contributed by atoms with E-state index in [1.165, 1.54) is 11.8 Å². The van der Waals surface area contributed by atoms with E-state index in [2.05, 4.69) is 17.0 Å². The summed E-state index contributed by atoms with van der Waals surface area (Å²) in [7, 11) is -3.23. The molecule has 7 heteroatoms. The van der Waals surface area contributed by atoms with Crippen molar-refractivity contribution < 1.29 is 13.2 Å². The summed E-state index contributed by atoms with van der Waals surface area (Å²) in [5.74, 6) is 0.101. The van der Waals surface area contributed by atoms with E-state index >= 15 is 0 Å². The maximum absolute atomic E-state index is 13.0. The maximum atomic E-state index is 13.0. The smallest absolute Gasteiger partial charge is 0.227 e. The molecule has 0 aromatic heterocycles. The van der Waals surface area contributed by atoms with Crippen LogP contribution < -0.4 is 5.73 Å². The van der Waals surface area contributed by atoms with Crippen molar-refractivity contribution in [3.63, 3.8) is 0 Å². The molecule has 174 valence electrons. The van der Waals surface area contributed by atoms with Crippen LogP contribution in [0.4, 0.5) is 0 Å². The Kier molecular flexibility index (Phi) is 8.45. The zero-order chi connectivity index (χ0) is 23.1. The summed E-state index contributed by atoms with van der Waals surface area (Å²) < 4.78 is 23.2. The Morgan fingerprint density at radius 3 is 2.28 bits per heavy atom. The molecule has 0 spiro atoms. The Labute approximate surface area is 192 Å². The molecule has 2 aromatic rings. The summed E-state index contributed by atoms with van der Waals surface area (Å²) in [6.45, 7) is 5.62. The van der Waals surface area contributed by atoms with Crippen molar-refractivity contribution in [3.05, 3.63) is 65.7 Å². The average Bonchev–Trinajstić information content (AvgIpc) is 2.79. The summed E-state index contributed by atoms with van der Waals surface area (Å²) >= 11 is 0. The monoisotopic (exact) mass is 457 g/mol. The first-order chi connectivity index (χ1) is 15.3. The number of carbonyl (C=O) groups is 1.